The van der Waals surface area contributed by atoms with E-state index in [1.807, 2.05) is 0 Å². The first kappa shape index (κ1) is 21.8. The second-order valence-electron chi connectivity index (χ2n) is 5.84. The molecule has 6 nitrogen and oxygen atoms in total. The van der Waals surface area contributed by atoms with Gasteiger partial charge >= 0.3 is 6.18 Å². The molecule has 2 N–H and O–H groups in total. The monoisotopic (exact) mass is 408 g/mol. The lowest BCUT2D eigenvalue weighted by atomic mass is 10.1. The molecular weight excluding hydrogens is 389 g/mol. The van der Waals surface area contributed by atoms with Gasteiger partial charge in [0, 0.05) is 24.3 Å². The van der Waals surface area contributed by atoms with E-state index in [0.717, 1.165) is 18.2 Å². The standard InChI is InChI=1S/C20H19F3N2O4/c1-12(26)24-14-8-9-16(15(11-14)20(21,22)23)25-18(27)10-7-13-5-4-6-17(28-2)19(13)29-3/h4-11H,1-3H3,(H,24,26)(H,25,27)/b10-7+. The molecule has 9 heteroatoms. The summed E-state index contributed by atoms with van der Waals surface area (Å²) in [5, 5.41) is 4.48. The van der Waals surface area contributed by atoms with E-state index >= 15 is 0 Å². The van der Waals surface area contributed by atoms with Crippen molar-refractivity contribution in [3.05, 3.63) is 53.6 Å². The summed E-state index contributed by atoms with van der Waals surface area (Å²) in [5.41, 5.74) is -1.03. The number of ether oxygens (including phenoxy) is 2. The Labute approximate surface area is 165 Å². The van der Waals surface area contributed by atoms with Crippen molar-refractivity contribution >= 4 is 29.3 Å². The number of hydrogen-bond donors (Lipinski definition) is 2. The summed E-state index contributed by atoms with van der Waals surface area (Å²) in [6, 6.07) is 8.11. The minimum absolute atomic E-state index is 0.0283. The number of halogens is 3. The lowest BCUT2D eigenvalue weighted by molar-refractivity contribution is -0.137. The Kier molecular flexibility index (Phi) is 6.87. The third-order valence-corrected chi connectivity index (χ3v) is 3.75. The molecule has 0 aliphatic carbocycles. The van der Waals surface area contributed by atoms with Crippen LogP contribution in [0.15, 0.2) is 42.5 Å². The summed E-state index contributed by atoms with van der Waals surface area (Å²) >= 11 is 0. The third kappa shape index (κ3) is 5.74. The summed E-state index contributed by atoms with van der Waals surface area (Å²) < 4.78 is 50.4. The lowest BCUT2D eigenvalue weighted by Gasteiger charge is -2.15. The van der Waals surface area contributed by atoms with Gasteiger partial charge in [-0.25, -0.2) is 0 Å². The van der Waals surface area contributed by atoms with Gasteiger partial charge in [0.05, 0.1) is 25.5 Å². The molecule has 0 heterocycles. The van der Waals surface area contributed by atoms with Crippen LogP contribution >= 0.6 is 0 Å². The van der Waals surface area contributed by atoms with Crippen molar-refractivity contribution in [3.63, 3.8) is 0 Å². The molecule has 2 aromatic carbocycles. The van der Waals surface area contributed by atoms with E-state index in [2.05, 4.69) is 10.6 Å². The highest BCUT2D eigenvalue weighted by atomic mass is 19.4. The second kappa shape index (κ2) is 9.13. The number of rotatable bonds is 6. The summed E-state index contributed by atoms with van der Waals surface area (Å²) in [4.78, 5) is 23.2. The number of carbonyl (C=O) groups is 2. The molecule has 0 unspecified atom stereocenters. The van der Waals surface area contributed by atoms with Gasteiger partial charge in [0.15, 0.2) is 11.5 Å². The molecule has 0 spiro atoms. The molecule has 29 heavy (non-hydrogen) atoms. The molecule has 0 bridgehead atoms. The number of para-hydroxylation sites is 1. The predicted molar refractivity (Wildman–Crippen MR) is 103 cm³/mol. The van der Waals surface area contributed by atoms with Crippen molar-refractivity contribution in [2.45, 2.75) is 13.1 Å². The molecule has 0 aromatic heterocycles. The molecule has 0 atom stereocenters. The fourth-order valence-corrected chi connectivity index (χ4v) is 2.55. The van der Waals surface area contributed by atoms with Crippen molar-refractivity contribution < 1.29 is 32.2 Å². The molecule has 2 aromatic rings. The van der Waals surface area contributed by atoms with Crippen LogP contribution in [0.25, 0.3) is 6.08 Å². The fourth-order valence-electron chi connectivity index (χ4n) is 2.55. The topological polar surface area (TPSA) is 76.7 Å². The highest BCUT2D eigenvalue weighted by molar-refractivity contribution is 6.03. The van der Waals surface area contributed by atoms with Crippen molar-refractivity contribution in [1.29, 1.82) is 0 Å². The Hall–Kier alpha value is -3.49. The average Bonchev–Trinajstić information content (AvgIpc) is 2.65. The number of methoxy groups -OCH3 is 2. The highest BCUT2D eigenvalue weighted by Crippen LogP contribution is 2.37. The van der Waals surface area contributed by atoms with Crippen LogP contribution in [0.3, 0.4) is 0 Å². The van der Waals surface area contributed by atoms with Crippen LogP contribution in [0.4, 0.5) is 24.5 Å². The molecule has 2 amide bonds. The summed E-state index contributed by atoms with van der Waals surface area (Å²) in [5.74, 6) is -0.449. The number of benzene rings is 2. The number of nitrogens with one attached hydrogen (secondary N) is 2. The van der Waals surface area contributed by atoms with Gasteiger partial charge < -0.3 is 20.1 Å². The Morgan fingerprint density at radius 1 is 1.03 bits per heavy atom. The number of alkyl halides is 3. The smallest absolute Gasteiger partial charge is 0.418 e. The maximum absolute atomic E-state index is 13.3. The normalized spacial score (nSPS) is 11.2. The number of amides is 2. The third-order valence-electron chi connectivity index (χ3n) is 3.75. The van der Waals surface area contributed by atoms with Crippen LogP contribution in [0, 0.1) is 0 Å². The molecule has 154 valence electrons. The Bertz CT molecular complexity index is 940. The van der Waals surface area contributed by atoms with Gasteiger partial charge in [-0.15, -0.1) is 0 Å². The van der Waals surface area contributed by atoms with Crippen LogP contribution in [-0.4, -0.2) is 26.0 Å². The number of carbonyl (C=O) groups excluding carboxylic acids is 2. The quantitative estimate of drug-likeness (QED) is 0.698. The maximum Gasteiger partial charge on any atom is 0.418 e. The average molecular weight is 408 g/mol. The molecule has 0 saturated carbocycles. The predicted octanol–water partition coefficient (Wildman–Crippen LogP) is 4.33. The molecule has 0 fully saturated rings. The van der Waals surface area contributed by atoms with Crippen molar-refractivity contribution in [3.8, 4) is 11.5 Å². The second-order valence-corrected chi connectivity index (χ2v) is 5.84. The molecule has 0 aliphatic heterocycles. The first-order chi connectivity index (χ1) is 13.7. The summed E-state index contributed by atoms with van der Waals surface area (Å²) in [6.07, 6.45) is -2.24. The first-order valence-electron chi connectivity index (χ1n) is 8.34. The molecule has 0 radical (unpaired) electrons. The van der Waals surface area contributed by atoms with E-state index in [1.54, 1.807) is 18.2 Å². The van der Waals surface area contributed by atoms with E-state index in [9.17, 15) is 22.8 Å². The van der Waals surface area contributed by atoms with Crippen molar-refractivity contribution in [2.75, 3.05) is 24.9 Å². The Morgan fingerprint density at radius 2 is 1.76 bits per heavy atom. The highest BCUT2D eigenvalue weighted by Gasteiger charge is 2.34. The zero-order valence-electron chi connectivity index (χ0n) is 15.9. The van der Waals surface area contributed by atoms with Gasteiger partial charge in [-0.1, -0.05) is 12.1 Å². The van der Waals surface area contributed by atoms with E-state index in [1.165, 1.54) is 33.3 Å². The zero-order valence-corrected chi connectivity index (χ0v) is 15.9. The molecular formula is C20H19F3N2O4. The Morgan fingerprint density at radius 3 is 2.34 bits per heavy atom. The number of hydrogen-bond acceptors (Lipinski definition) is 4. The van der Waals surface area contributed by atoms with Crippen LogP contribution in [0.1, 0.15) is 18.1 Å². The minimum Gasteiger partial charge on any atom is -0.493 e. The van der Waals surface area contributed by atoms with Gasteiger partial charge in [0.2, 0.25) is 11.8 Å². The van der Waals surface area contributed by atoms with Crippen molar-refractivity contribution in [1.82, 2.24) is 0 Å². The van der Waals surface area contributed by atoms with Crippen LogP contribution in [-0.2, 0) is 15.8 Å². The van der Waals surface area contributed by atoms with E-state index in [-0.39, 0.29) is 5.69 Å². The van der Waals surface area contributed by atoms with E-state index in [4.69, 9.17) is 9.47 Å². The van der Waals surface area contributed by atoms with Crippen LogP contribution in [0.2, 0.25) is 0 Å². The zero-order chi connectivity index (χ0) is 21.6. The van der Waals surface area contributed by atoms with Crippen LogP contribution < -0.4 is 20.1 Å². The fraction of sp³-hybridized carbons (Fsp3) is 0.200. The van der Waals surface area contributed by atoms with Crippen LogP contribution in [0.5, 0.6) is 11.5 Å². The summed E-state index contributed by atoms with van der Waals surface area (Å²) in [7, 11) is 2.89. The molecule has 0 saturated heterocycles. The lowest BCUT2D eigenvalue weighted by Crippen LogP contribution is -2.16. The van der Waals surface area contributed by atoms with Gasteiger partial charge in [-0.3, -0.25) is 9.59 Å². The summed E-state index contributed by atoms with van der Waals surface area (Å²) in [6.45, 7) is 1.18. The Balaban J connectivity index is 2.27. The largest absolute Gasteiger partial charge is 0.493 e. The van der Waals surface area contributed by atoms with Gasteiger partial charge in [-0.2, -0.15) is 13.2 Å². The van der Waals surface area contributed by atoms with Gasteiger partial charge in [0.1, 0.15) is 0 Å². The van der Waals surface area contributed by atoms with Gasteiger partial charge in [-0.05, 0) is 30.3 Å². The molecule has 0 aliphatic rings. The maximum atomic E-state index is 13.3. The van der Waals surface area contributed by atoms with Crippen molar-refractivity contribution in [2.24, 2.45) is 0 Å². The SMILES string of the molecule is COc1cccc(/C=C/C(=O)Nc2ccc(NC(C)=O)cc2C(F)(F)F)c1OC. The van der Waals surface area contributed by atoms with Gasteiger partial charge in [0.25, 0.3) is 0 Å². The number of anilines is 2. The molecule has 2 rings (SSSR count). The first-order valence-corrected chi connectivity index (χ1v) is 8.34. The van der Waals surface area contributed by atoms with E-state index < -0.39 is 29.2 Å². The minimum atomic E-state index is -4.73. The van der Waals surface area contributed by atoms with E-state index in [0.29, 0.717) is 17.1 Å².